The van der Waals surface area contributed by atoms with Gasteiger partial charge in [0.05, 0.1) is 12.2 Å². The van der Waals surface area contributed by atoms with Crippen LogP contribution < -0.4 is 10.6 Å². The fraction of sp³-hybridized carbons (Fsp3) is 0.571. The first-order chi connectivity index (χ1) is 13.7. The van der Waals surface area contributed by atoms with Gasteiger partial charge in [0.1, 0.15) is 11.2 Å². The summed E-state index contributed by atoms with van der Waals surface area (Å²) in [5.41, 5.74) is 2.54. The number of guanidine groups is 1. The zero-order valence-electron chi connectivity index (χ0n) is 18.0. The Bertz CT molecular complexity index is 883. The highest BCUT2D eigenvalue weighted by Gasteiger charge is 2.28. The van der Waals surface area contributed by atoms with Gasteiger partial charge in [0.15, 0.2) is 5.96 Å². The molecule has 29 heavy (non-hydrogen) atoms. The maximum Gasteiger partial charge on any atom is 0.410 e. The van der Waals surface area contributed by atoms with Gasteiger partial charge in [-0.1, -0.05) is 6.07 Å². The van der Waals surface area contributed by atoms with Gasteiger partial charge in [-0.3, -0.25) is 4.99 Å². The molecule has 1 unspecified atom stereocenters. The van der Waals surface area contributed by atoms with Crippen LogP contribution in [0.25, 0.3) is 5.65 Å². The first-order valence-corrected chi connectivity index (χ1v) is 10.1. The van der Waals surface area contributed by atoms with Crippen LogP contribution in [0.4, 0.5) is 4.79 Å². The maximum atomic E-state index is 12.4. The van der Waals surface area contributed by atoms with Crippen molar-refractivity contribution in [2.24, 2.45) is 4.99 Å². The van der Waals surface area contributed by atoms with Gasteiger partial charge < -0.3 is 24.7 Å². The number of aromatic nitrogens is 2. The van der Waals surface area contributed by atoms with Crippen LogP contribution in [0.2, 0.25) is 0 Å². The summed E-state index contributed by atoms with van der Waals surface area (Å²) in [6.45, 7) is 9.61. The number of carbonyl (C=O) groups is 1. The van der Waals surface area contributed by atoms with E-state index in [2.05, 4.69) is 38.0 Å². The minimum atomic E-state index is -0.485. The molecule has 3 heterocycles. The lowest BCUT2D eigenvalue weighted by atomic mass is 10.1. The molecule has 2 aromatic heterocycles. The molecule has 3 rings (SSSR count). The van der Waals surface area contributed by atoms with Crippen LogP contribution in [-0.2, 0) is 11.3 Å². The van der Waals surface area contributed by atoms with Crippen LogP contribution in [0.15, 0.2) is 29.4 Å². The zero-order valence-corrected chi connectivity index (χ0v) is 18.0. The molecule has 8 heteroatoms. The van der Waals surface area contributed by atoms with E-state index < -0.39 is 5.60 Å². The Kier molecular flexibility index (Phi) is 6.30. The molecular formula is C21H32N6O2. The Balaban J connectivity index is 1.55. The molecule has 0 radical (unpaired) electrons. The molecule has 158 valence electrons. The highest BCUT2D eigenvalue weighted by molar-refractivity contribution is 5.80. The number of fused-ring (bicyclic) bond motifs is 1. The van der Waals surface area contributed by atoms with Crippen molar-refractivity contribution in [3.05, 3.63) is 35.8 Å². The van der Waals surface area contributed by atoms with Crippen molar-refractivity contribution in [1.82, 2.24) is 24.9 Å². The molecule has 0 aromatic carbocycles. The van der Waals surface area contributed by atoms with E-state index in [1.54, 1.807) is 11.9 Å². The minimum absolute atomic E-state index is 0.130. The van der Waals surface area contributed by atoms with Crippen LogP contribution >= 0.6 is 0 Å². The summed E-state index contributed by atoms with van der Waals surface area (Å²) in [4.78, 5) is 23.1. The third-order valence-electron chi connectivity index (χ3n) is 4.82. The molecule has 0 aliphatic carbocycles. The maximum absolute atomic E-state index is 12.4. The van der Waals surface area contributed by atoms with Crippen LogP contribution in [0.1, 0.15) is 45.0 Å². The number of rotatable bonds is 3. The predicted molar refractivity (Wildman–Crippen MR) is 114 cm³/mol. The van der Waals surface area contributed by atoms with Crippen molar-refractivity contribution in [1.29, 1.82) is 0 Å². The third-order valence-corrected chi connectivity index (χ3v) is 4.82. The largest absolute Gasteiger partial charge is 0.444 e. The van der Waals surface area contributed by atoms with Crippen LogP contribution in [-0.4, -0.2) is 58.1 Å². The van der Waals surface area contributed by atoms with E-state index in [9.17, 15) is 4.79 Å². The standard InChI is InChI=1S/C21H32N6O2/c1-15-8-6-10-18-24-17(14-27(15)18)12-23-19(22-5)25-16-9-7-11-26(13-16)20(28)29-21(2,3)4/h6,8,10,14,16H,7,9,11-13H2,1-5H3,(H2,22,23,25). The summed E-state index contributed by atoms with van der Waals surface area (Å²) >= 11 is 0. The summed E-state index contributed by atoms with van der Waals surface area (Å²) in [6, 6.07) is 6.20. The van der Waals surface area contributed by atoms with Gasteiger partial charge in [-0.15, -0.1) is 0 Å². The highest BCUT2D eigenvalue weighted by Crippen LogP contribution is 2.15. The van der Waals surface area contributed by atoms with E-state index in [4.69, 9.17) is 4.74 Å². The summed E-state index contributed by atoms with van der Waals surface area (Å²) in [7, 11) is 1.75. The van der Waals surface area contributed by atoms with E-state index >= 15 is 0 Å². The second-order valence-electron chi connectivity index (χ2n) is 8.46. The van der Waals surface area contributed by atoms with Crippen molar-refractivity contribution in [2.45, 2.75) is 58.7 Å². The number of ether oxygens (including phenoxy) is 1. The van der Waals surface area contributed by atoms with Gasteiger partial charge in [0.2, 0.25) is 0 Å². The zero-order chi connectivity index (χ0) is 21.0. The molecule has 2 aromatic rings. The lowest BCUT2D eigenvalue weighted by Crippen LogP contribution is -2.53. The average molecular weight is 401 g/mol. The Morgan fingerprint density at radius 1 is 1.38 bits per heavy atom. The Morgan fingerprint density at radius 2 is 2.17 bits per heavy atom. The number of likely N-dealkylation sites (tertiary alicyclic amines) is 1. The molecule has 0 bridgehead atoms. The number of hydrogen-bond acceptors (Lipinski definition) is 4. The first-order valence-electron chi connectivity index (χ1n) is 10.1. The number of aliphatic imine (C=N–C) groups is 1. The van der Waals surface area contributed by atoms with Crippen LogP contribution in [0.3, 0.4) is 0 Å². The van der Waals surface area contributed by atoms with Gasteiger partial charge >= 0.3 is 6.09 Å². The molecule has 1 amide bonds. The Labute approximate surface area is 172 Å². The molecule has 2 N–H and O–H groups in total. The monoisotopic (exact) mass is 400 g/mol. The van der Waals surface area contributed by atoms with Gasteiger partial charge in [0.25, 0.3) is 0 Å². The summed E-state index contributed by atoms with van der Waals surface area (Å²) < 4.78 is 7.58. The second-order valence-corrected chi connectivity index (χ2v) is 8.46. The van der Waals surface area contributed by atoms with Crippen LogP contribution in [0.5, 0.6) is 0 Å². The van der Waals surface area contributed by atoms with E-state index in [1.807, 2.05) is 39.1 Å². The van der Waals surface area contributed by atoms with Gasteiger partial charge in [-0.05, 0) is 52.7 Å². The highest BCUT2D eigenvalue weighted by atomic mass is 16.6. The SMILES string of the molecule is CN=C(NCc1cn2c(C)cccc2n1)NC1CCCN(C(=O)OC(C)(C)C)C1. The smallest absolute Gasteiger partial charge is 0.410 e. The number of imidazole rings is 1. The van der Waals surface area contributed by atoms with Gasteiger partial charge in [-0.25, -0.2) is 9.78 Å². The fourth-order valence-corrected chi connectivity index (χ4v) is 3.43. The summed E-state index contributed by atoms with van der Waals surface area (Å²) in [6.07, 6.45) is 3.69. The van der Waals surface area contributed by atoms with Gasteiger partial charge in [-0.2, -0.15) is 0 Å². The number of amides is 1. The van der Waals surface area contributed by atoms with Crippen molar-refractivity contribution < 1.29 is 9.53 Å². The van der Waals surface area contributed by atoms with E-state index in [0.29, 0.717) is 19.0 Å². The first kappa shape index (κ1) is 21.0. The quantitative estimate of drug-likeness (QED) is 0.611. The lowest BCUT2D eigenvalue weighted by molar-refractivity contribution is 0.0193. The van der Waals surface area contributed by atoms with Crippen molar-refractivity contribution in [3.63, 3.8) is 0 Å². The average Bonchev–Trinajstić information content (AvgIpc) is 3.08. The number of pyridine rings is 1. The van der Waals surface area contributed by atoms with E-state index in [-0.39, 0.29) is 12.1 Å². The summed E-state index contributed by atoms with van der Waals surface area (Å²) in [5.74, 6) is 0.704. The number of piperidine rings is 1. The molecule has 0 saturated carbocycles. The molecule has 1 fully saturated rings. The third kappa shape index (κ3) is 5.62. The number of aryl methyl sites for hydroxylation is 1. The second kappa shape index (κ2) is 8.71. The molecule has 1 aliphatic rings. The van der Waals surface area contributed by atoms with E-state index in [0.717, 1.165) is 36.4 Å². The number of carbonyl (C=O) groups excluding carboxylic acids is 1. The number of nitrogens with one attached hydrogen (secondary N) is 2. The summed E-state index contributed by atoms with van der Waals surface area (Å²) in [5, 5.41) is 6.75. The number of hydrogen-bond donors (Lipinski definition) is 2. The Morgan fingerprint density at radius 3 is 2.86 bits per heavy atom. The molecule has 8 nitrogen and oxygen atoms in total. The van der Waals surface area contributed by atoms with Gasteiger partial charge in [0, 0.05) is 38.1 Å². The molecule has 1 atom stereocenters. The predicted octanol–water partition coefficient (Wildman–Crippen LogP) is 2.71. The number of nitrogens with zero attached hydrogens (tertiary/aromatic N) is 4. The molecular weight excluding hydrogens is 368 g/mol. The van der Waals surface area contributed by atoms with Crippen molar-refractivity contribution in [3.8, 4) is 0 Å². The Hall–Kier alpha value is -2.77. The van der Waals surface area contributed by atoms with Crippen LogP contribution in [0, 0.1) is 6.92 Å². The van der Waals surface area contributed by atoms with Crippen molar-refractivity contribution in [2.75, 3.05) is 20.1 Å². The fourth-order valence-electron chi connectivity index (χ4n) is 3.43. The molecule has 1 saturated heterocycles. The minimum Gasteiger partial charge on any atom is -0.444 e. The normalized spacial score (nSPS) is 18.0. The topological polar surface area (TPSA) is 83.3 Å². The van der Waals surface area contributed by atoms with Crippen molar-refractivity contribution >= 4 is 17.7 Å². The lowest BCUT2D eigenvalue weighted by Gasteiger charge is -2.35. The molecule has 1 aliphatic heterocycles. The van der Waals surface area contributed by atoms with E-state index in [1.165, 1.54) is 0 Å². The molecule has 0 spiro atoms.